The molecule has 0 aromatic heterocycles. The first kappa shape index (κ1) is 21.1. The minimum Gasteiger partial charge on any atom is -0.478 e. The van der Waals surface area contributed by atoms with E-state index in [2.05, 4.69) is 6.07 Å². The average Bonchev–Trinajstić information content (AvgIpc) is 2.83. The second-order valence-corrected chi connectivity index (χ2v) is 7.48. The minimum atomic E-state index is -1.03. The van der Waals surface area contributed by atoms with Crippen LogP contribution < -0.4 is 0 Å². The number of hydrogen-bond donors (Lipinski definition) is 2. The van der Waals surface area contributed by atoms with Crippen molar-refractivity contribution in [2.45, 2.75) is 13.3 Å². The Kier molecular flexibility index (Phi) is 5.86. The normalized spacial score (nSPS) is 10.7. The summed E-state index contributed by atoms with van der Waals surface area (Å²) in [7, 11) is 0. The number of carboxylic acid groups (broad SMARTS) is 2. The Hall–Kier alpha value is -4.18. The van der Waals surface area contributed by atoms with Crippen molar-refractivity contribution in [1.29, 1.82) is 0 Å². The van der Waals surface area contributed by atoms with Gasteiger partial charge in [-0.05, 0) is 63.6 Å². The van der Waals surface area contributed by atoms with Gasteiger partial charge in [0.2, 0.25) is 0 Å². The lowest BCUT2D eigenvalue weighted by atomic mass is 9.83. The number of aryl methyl sites for hydroxylation is 1. The Morgan fingerprint density at radius 2 is 1.16 bits per heavy atom. The molecule has 4 aromatic rings. The van der Waals surface area contributed by atoms with Crippen LogP contribution in [0.3, 0.4) is 0 Å². The summed E-state index contributed by atoms with van der Waals surface area (Å²) in [4.78, 5) is 24.0. The number of benzene rings is 4. The SMILES string of the molecule is CCc1cc(-c2ccccc2)cc(-c2ccccc2C(=O)O)c1-c1ccccc1C(=O)O. The lowest BCUT2D eigenvalue weighted by Gasteiger charge is -2.20. The van der Waals surface area contributed by atoms with Crippen LogP contribution in [0.1, 0.15) is 33.2 Å². The molecule has 0 heterocycles. The largest absolute Gasteiger partial charge is 0.478 e. The van der Waals surface area contributed by atoms with Crippen molar-refractivity contribution in [3.63, 3.8) is 0 Å². The molecule has 0 saturated heterocycles. The zero-order valence-corrected chi connectivity index (χ0v) is 17.6. The van der Waals surface area contributed by atoms with Crippen LogP contribution in [0, 0.1) is 0 Å². The molecule has 0 saturated carbocycles. The lowest BCUT2D eigenvalue weighted by molar-refractivity contribution is 0.0686. The van der Waals surface area contributed by atoms with Crippen LogP contribution >= 0.6 is 0 Å². The summed E-state index contributed by atoms with van der Waals surface area (Å²) in [5.41, 5.74) is 5.86. The second kappa shape index (κ2) is 8.90. The van der Waals surface area contributed by atoms with E-state index in [9.17, 15) is 19.8 Å². The molecule has 2 N–H and O–H groups in total. The van der Waals surface area contributed by atoms with Crippen LogP contribution in [0.4, 0.5) is 0 Å². The predicted octanol–water partition coefficient (Wildman–Crippen LogP) is 6.65. The van der Waals surface area contributed by atoms with Gasteiger partial charge in [-0.25, -0.2) is 9.59 Å². The number of carboxylic acids is 2. The van der Waals surface area contributed by atoms with Crippen molar-refractivity contribution in [1.82, 2.24) is 0 Å². The monoisotopic (exact) mass is 422 g/mol. The Bertz CT molecular complexity index is 1310. The van der Waals surface area contributed by atoms with Crippen molar-refractivity contribution in [2.24, 2.45) is 0 Å². The smallest absolute Gasteiger partial charge is 0.336 e. The Morgan fingerprint density at radius 3 is 1.75 bits per heavy atom. The van der Waals surface area contributed by atoms with Gasteiger partial charge in [-0.3, -0.25) is 0 Å². The molecule has 158 valence electrons. The van der Waals surface area contributed by atoms with Gasteiger partial charge in [-0.2, -0.15) is 0 Å². The van der Waals surface area contributed by atoms with E-state index < -0.39 is 11.9 Å². The fourth-order valence-corrected chi connectivity index (χ4v) is 4.10. The molecule has 32 heavy (non-hydrogen) atoms. The van der Waals surface area contributed by atoms with Crippen LogP contribution in [0.2, 0.25) is 0 Å². The average molecular weight is 422 g/mol. The predicted molar refractivity (Wildman–Crippen MR) is 126 cm³/mol. The summed E-state index contributed by atoms with van der Waals surface area (Å²) in [6, 6.07) is 27.6. The fraction of sp³-hybridized carbons (Fsp3) is 0.0714. The molecule has 0 fully saturated rings. The summed E-state index contributed by atoms with van der Waals surface area (Å²) >= 11 is 0. The van der Waals surface area contributed by atoms with E-state index >= 15 is 0 Å². The molecule has 0 spiro atoms. The van der Waals surface area contributed by atoms with E-state index in [1.54, 1.807) is 48.5 Å². The summed E-state index contributed by atoms with van der Waals surface area (Å²) in [5.74, 6) is -2.05. The molecule has 4 heteroatoms. The molecule has 4 rings (SSSR count). The topological polar surface area (TPSA) is 74.6 Å². The maximum absolute atomic E-state index is 12.0. The minimum absolute atomic E-state index is 0.175. The maximum Gasteiger partial charge on any atom is 0.336 e. The van der Waals surface area contributed by atoms with Crippen LogP contribution in [0.15, 0.2) is 91.0 Å². The zero-order valence-electron chi connectivity index (χ0n) is 17.6. The van der Waals surface area contributed by atoms with E-state index in [0.717, 1.165) is 22.3 Å². The molecule has 0 atom stereocenters. The number of rotatable bonds is 6. The Morgan fingerprint density at radius 1 is 0.625 bits per heavy atom. The Labute approximate surface area is 186 Å². The van der Waals surface area contributed by atoms with Gasteiger partial charge in [0.05, 0.1) is 11.1 Å². The molecule has 4 nitrogen and oxygen atoms in total. The molecule has 0 amide bonds. The van der Waals surface area contributed by atoms with Crippen molar-refractivity contribution in [2.75, 3.05) is 0 Å². The first-order valence-electron chi connectivity index (χ1n) is 10.4. The first-order chi connectivity index (χ1) is 15.5. The van der Waals surface area contributed by atoms with E-state index in [1.807, 2.05) is 43.3 Å². The maximum atomic E-state index is 12.0. The second-order valence-electron chi connectivity index (χ2n) is 7.48. The molecule has 0 aliphatic heterocycles. The lowest BCUT2D eigenvalue weighted by Crippen LogP contribution is -2.04. The summed E-state index contributed by atoms with van der Waals surface area (Å²) in [6.45, 7) is 2.02. The van der Waals surface area contributed by atoms with Crippen LogP contribution in [0.25, 0.3) is 33.4 Å². The van der Waals surface area contributed by atoms with E-state index in [1.165, 1.54) is 0 Å². The van der Waals surface area contributed by atoms with E-state index in [0.29, 0.717) is 23.1 Å². The number of carbonyl (C=O) groups is 2. The fourth-order valence-electron chi connectivity index (χ4n) is 4.10. The molecular formula is C28H22O4. The standard InChI is InChI=1S/C28H22O4/c1-2-18-16-20(19-10-4-3-5-11-19)17-25(21-12-6-8-14-23(21)27(29)30)26(18)22-13-7-9-15-24(22)28(31)32/h3-17H,2H2,1H3,(H,29,30)(H,31,32). The van der Waals surface area contributed by atoms with Gasteiger partial charge in [-0.15, -0.1) is 0 Å². The van der Waals surface area contributed by atoms with Gasteiger partial charge in [-0.1, -0.05) is 79.7 Å². The molecule has 4 aromatic carbocycles. The van der Waals surface area contributed by atoms with E-state index in [4.69, 9.17) is 0 Å². The molecule has 0 aliphatic rings. The highest BCUT2D eigenvalue weighted by Crippen LogP contribution is 2.41. The van der Waals surface area contributed by atoms with Gasteiger partial charge in [0.1, 0.15) is 0 Å². The number of hydrogen-bond acceptors (Lipinski definition) is 2. The number of aromatic carboxylic acids is 2. The summed E-state index contributed by atoms with van der Waals surface area (Å²) in [6.07, 6.45) is 0.659. The van der Waals surface area contributed by atoms with Crippen molar-refractivity contribution in [3.05, 3.63) is 108 Å². The van der Waals surface area contributed by atoms with Crippen molar-refractivity contribution < 1.29 is 19.8 Å². The zero-order chi connectivity index (χ0) is 22.7. The van der Waals surface area contributed by atoms with Gasteiger partial charge in [0, 0.05) is 0 Å². The third-order valence-electron chi connectivity index (χ3n) is 5.58. The van der Waals surface area contributed by atoms with Crippen LogP contribution in [-0.2, 0) is 6.42 Å². The van der Waals surface area contributed by atoms with Crippen LogP contribution in [0.5, 0.6) is 0 Å². The van der Waals surface area contributed by atoms with Gasteiger partial charge in [0.25, 0.3) is 0 Å². The first-order valence-corrected chi connectivity index (χ1v) is 10.4. The van der Waals surface area contributed by atoms with E-state index in [-0.39, 0.29) is 11.1 Å². The molecule has 0 radical (unpaired) electrons. The Balaban J connectivity index is 2.13. The molecule has 0 aliphatic carbocycles. The third-order valence-corrected chi connectivity index (χ3v) is 5.58. The van der Waals surface area contributed by atoms with Gasteiger partial charge >= 0.3 is 11.9 Å². The molecular weight excluding hydrogens is 400 g/mol. The van der Waals surface area contributed by atoms with Crippen molar-refractivity contribution in [3.8, 4) is 33.4 Å². The highest BCUT2D eigenvalue weighted by molar-refractivity contribution is 6.04. The highest BCUT2D eigenvalue weighted by Gasteiger charge is 2.22. The molecule has 0 bridgehead atoms. The van der Waals surface area contributed by atoms with Crippen LogP contribution in [-0.4, -0.2) is 22.2 Å². The quantitative estimate of drug-likeness (QED) is 0.365. The van der Waals surface area contributed by atoms with Crippen molar-refractivity contribution >= 4 is 11.9 Å². The van der Waals surface area contributed by atoms with Gasteiger partial charge in [0.15, 0.2) is 0 Å². The van der Waals surface area contributed by atoms with Gasteiger partial charge < -0.3 is 10.2 Å². The third kappa shape index (κ3) is 3.91. The summed E-state index contributed by atoms with van der Waals surface area (Å²) < 4.78 is 0. The highest BCUT2D eigenvalue weighted by atomic mass is 16.4. The molecule has 0 unspecified atom stereocenters. The summed E-state index contributed by atoms with van der Waals surface area (Å²) in [5, 5.41) is 19.7.